The first-order chi connectivity index (χ1) is 6.52. The first-order valence-electron chi connectivity index (χ1n) is 4.31. The second-order valence-electron chi connectivity index (χ2n) is 3.12. The van der Waals surface area contributed by atoms with Crippen LogP contribution in [0.25, 0.3) is 0 Å². The molecule has 0 spiro atoms. The van der Waals surface area contributed by atoms with Crippen LogP contribution in [-0.4, -0.2) is 17.3 Å². The van der Waals surface area contributed by atoms with Gasteiger partial charge in [-0.05, 0) is 26.0 Å². The molecular formula is C10H12Cl2O2. The zero-order chi connectivity index (χ0) is 10.7. The van der Waals surface area contributed by atoms with Crippen LogP contribution in [0.5, 0.6) is 5.75 Å². The summed E-state index contributed by atoms with van der Waals surface area (Å²) in [6, 6.07) is 5.15. The molecule has 1 N–H and O–H groups in total. The largest absolute Gasteiger partial charge is 0.486 e. The Hall–Kier alpha value is -0.440. The SMILES string of the molecule is CC(O)C(C)Oc1cccc(Cl)c1Cl. The smallest absolute Gasteiger partial charge is 0.139 e. The Bertz CT molecular complexity index is 313. The molecule has 0 aliphatic rings. The second-order valence-corrected chi connectivity index (χ2v) is 3.90. The van der Waals surface area contributed by atoms with Gasteiger partial charge in [0.15, 0.2) is 0 Å². The van der Waals surface area contributed by atoms with E-state index in [0.29, 0.717) is 15.8 Å². The summed E-state index contributed by atoms with van der Waals surface area (Å²) < 4.78 is 5.42. The van der Waals surface area contributed by atoms with E-state index in [1.807, 2.05) is 0 Å². The highest BCUT2D eigenvalue weighted by Crippen LogP contribution is 2.32. The van der Waals surface area contributed by atoms with Crippen molar-refractivity contribution in [1.29, 1.82) is 0 Å². The quantitative estimate of drug-likeness (QED) is 0.871. The highest BCUT2D eigenvalue weighted by atomic mass is 35.5. The Labute approximate surface area is 93.4 Å². The van der Waals surface area contributed by atoms with Gasteiger partial charge in [-0.25, -0.2) is 0 Å². The number of hydrogen-bond donors (Lipinski definition) is 1. The highest BCUT2D eigenvalue weighted by Gasteiger charge is 2.13. The van der Waals surface area contributed by atoms with Crippen LogP contribution in [0.4, 0.5) is 0 Å². The molecule has 0 aromatic heterocycles. The van der Waals surface area contributed by atoms with Crippen molar-refractivity contribution in [2.24, 2.45) is 0 Å². The van der Waals surface area contributed by atoms with Gasteiger partial charge in [0.25, 0.3) is 0 Å². The van der Waals surface area contributed by atoms with Crippen molar-refractivity contribution < 1.29 is 9.84 Å². The van der Waals surface area contributed by atoms with E-state index in [9.17, 15) is 5.11 Å². The normalized spacial score (nSPS) is 14.9. The molecule has 14 heavy (non-hydrogen) atoms. The molecule has 0 heterocycles. The number of aliphatic hydroxyl groups is 1. The van der Waals surface area contributed by atoms with Crippen molar-refractivity contribution in [2.45, 2.75) is 26.1 Å². The van der Waals surface area contributed by atoms with Gasteiger partial charge >= 0.3 is 0 Å². The number of hydrogen-bond acceptors (Lipinski definition) is 2. The van der Waals surface area contributed by atoms with Gasteiger partial charge in [0, 0.05) is 0 Å². The first-order valence-corrected chi connectivity index (χ1v) is 5.06. The molecule has 2 atom stereocenters. The van der Waals surface area contributed by atoms with Crippen LogP contribution in [0.3, 0.4) is 0 Å². The van der Waals surface area contributed by atoms with Crippen molar-refractivity contribution in [3.63, 3.8) is 0 Å². The third-order valence-electron chi connectivity index (χ3n) is 1.91. The maximum absolute atomic E-state index is 9.24. The molecule has 0 bridgehead atoms. The number of ether oxygens (including phenoxy) is 1. The predicted molar refractivity (Wildman–Crippen MR) is 58.2 cm³/mol. The third-order valence-corrected chi connectivity index (χ3v) is 2.71. The number of benzene rings is 1. The Morgan fingerprint density at radius 2 is 1.93 bits per heavy atom. The van der Waals surface area contributed by atoms with Crippen LogP contribution in [0.1, 0.15) is 13.8 Å². The monoisotopic (exact) mass is 234 g/mol. The molecule has 0 amide bonds. The minimum Gasteiger partial charge on any atom is -0.486 e. The number of aliphatic hydroxyl groups excluding tert-OH is 1. The van der Waals surface area contributed by atoms with E-state index in [-0.39, 0.29) is 6.10 Å². The molecule has 78 valence electrons. The van der Waals surface area contributed by atoms with Crippen LogP contribution in [0, 0.1) is 0 Å². The second kappa shape index (κ2) is 4.87. The number of halogens is 2. The maximum atomic E-state index is 9.24. The summed E-state index contributed by atoms with van der Waals surface area (Å²) >= 11 is 11.7. The van der Waals surface area contributed by atoms with Gasteiger partial charge in [0.2, 0.25) is 0 Å². The van der Waals surface area contributed by atoms with Crippen LogP contribution in [0.15, 0.2) is 18.2 Å². The van der Waals surface area contributed by atoms with Gasteiger partial charge < -0.3 is 9.84 Å². The summed E-state index contributed by atoms with van der Waals surface area (Å²) in [5.41, 5.74) is 0. The Morgan fingerprint density at radius 3 is 2.50 bits per heavy atom. The molecule has 0 aliphatic carbocycles. The topological polar surface area (TPSA) is 29.5 Å². The van der Waals surface area contributed by atoms with Gasteiger partial charge in [-0.1, -0.05) is 29.3 Å². The Balaban J connectivity index is 2.82. The molecule has 2 unspecified atom stereocenters. The van der Waals surface area contributed by atoms with Gasteiger partial charge in [-0.3, -0.25) is 0 Å². The molecule has 1 rings (SSSR count). The number of rotatable bonds is 3. The minimum atomic E-state index is -0.551. The summed E-state index contributed by atoms with van der Waals surface area (Å²) in [5.74, 6) is 0.493. The maximum Gasteiger partial charge on any atom is 0.139 e. The Morgan fingerprint density at radius 1 is 1.29 bits per heavy atom. The fourth-order valence-corrected chi connectivity index (χ4v) is 1.21. The van der Waals surface area contributed by atoms with E-state index in [1.54, 1.807) is 32.0 Å². The molecule has 0 aliphatic heterocycles. The van der Waals surface area contributed by atoms with Crippen molar-refractivity contribution in [2.75, 3.05) is 0 Å². The molecule has 0 fully saturated rings. The van der Waals surface area contributed by atoms with Crippen molar-refractivity contribution in [3.8, 4) is 5.75 Å². The molecule has 4 heteroatoms. The summed E-state index contributed by atoms with van der Waals surface area (Å²) in [4.78, 5) is 0. The lowest BCUT2D eigenvalue weighted by Crippen LogP contribution is -2.25. The fraction of sp³-hybridized carbons (Fsp3) is 0.400. The van der Waals surface area contributed by atoms with Crippen LogP contribution < -0.4 is 4.74 Å². The van der Waals surface area contributed by atoms with Crippen molar-refractivity contribution in [1.82, 2.24) is 0 Å². The molecular weight excluding hydrogens is 223 g/mol. The molecule has 0 radical (unpaired) electrons. The molecule has 0 saturated heterocycles. The van der Waals surface area contributed by atoms with Crippen LogP contribution >= 0.6 is 23.2 Å². The lowest BCUT2D eigenvalue weighted by Gasteiger charge is -2.18. The van der Waals surface area contributed by atoms with Crippen LogP contribution in [0.2, 0.25) is 10.0 Å². The molecule has 1 aromatic carbocycles. The lowest BCUT2D eigenvalue weighted by atomic mass is 10.2. The summed E-state index contributed by atoms with van der Waals surface area (Å²) in [7, 11) is 0. The average molecular weight is 235 g/mol. The lowest BCUT2D eigenvalue weighted by molar-refractivity contribution is 0.0605. The zero-order valence-corrected chi connectivity index (χ0v) is 9.51. The van der Waals surface area contributed by atoms with E-state index < -0.39 is 6.10 Å². The molecule has 1 aromatic rings. The van der Waals surface area contributed by atoms with E-state index in [4.69, 9.17) is 27.9 Å². The summed E-state index contributed by atoms with van der Waals surface area (Å²) in [6.45, 7) is 3.42. The fourth-order valence-electron chi connectivity index (χ4n) is 0.874. The van der Waals surface area contributed by atoms with E-state index in [0.717, 1.165) is 0 Å². The zero-order valence-electron chi connectivity index (χ0n) is 8.00. The predicted octanol–water partition coefficient (Wildman–Crippen LogP) is 3.14. The van der Waals surface area contributed by atoms with Crippen molar-refractivity contribution in [3.05, 3.63) is 28.2 Å². The van der Waals surface area contributed by atoms with E-state index in [1.165, 1.54) is 0 Å². The standard InChI is InChI=1S/C10H12Cl2O2/c1-6(13)7(2)14-9-5-3-4-8(11)10(9)12/h3-7,13H,1-2H3. The summed E-state index contributed by atoms with van der Waals surface area (Å²) in [6.07, 6.45) is -0.865. The van der Waals surface area contributed by atoms with E-state index >= 15 is 0 Å². The van der Waals surface area contributed by atoms with Crippen molar-refractivity contribution >= 4 is 23.2 Å². The minimum absolute atomic E-state index is 0.314. The Kier molecular flexibility index (Phi) is 4.05. The van der Waals surface area contributed by atoms with Crippen LogP contribution in [-0.2, 0) is 0 Å². The first kappa shape index (κ1) is 11.6. The van der Waals surface area contributed by atoms with E-state index in [2.05, 4.69) is 0 Å². The molecule has 2 nitrogen and oxygen atoms in total. The highest BCUT2D eigenvalue weighted by molar-refractivity contribution is 6.42. The average Bonchev–Trinajstić information content (AvgIpc) is 2.12. The van der Waals surface area contributed by atoms with Gasteiger partial charge in [-0.2, -0.15) is 0 Å². The van der Waals surface area contributed by atoms with Gasteiger partial charge in [0.1, 0.15) is 16.9 Å². The summed E-state index contributed by atoms with van der Waals surface area (Å²) in [5, 5.41) is 10.1. The molecule has 0 saturated carbocycles. The third kappa shape index (κ3) is 2.77. The van der Waals surface area contributed by atoms with Gasteiger partial charge in [-0.15, -0.1) is 0 Å². The van der Waals surface area contributed by atoms with Gasteiger partial charge in [0.05, 0.1) is 11.1 Å².